The topological polar surface area (TPSA) is 85.2 Å². The van der Waals surface area contributed by atoms with Gasteiger partial charge in [0.15, 0.2) is 21.3 Å². The molecule has 0 aliphatic rings. The van der Waals surface area contributed by atoms with Crippen molar-refractivity contribution in [1.82, 2.24) is 0 Å². The van der Waals surface area contributed by atoms with Crippen LogP contribution in [0.15, 0.2) is 52.5 Å². The minimum Gasteiger partial charge on any atom is -0.493 e. The molecule has 0 unspecified atom stereocenters. The number of rotatable bonds is 6. The molecule has 0 amide bonds. The Morgan fingerprint density at radius 1 is 1.04 bits per heavy atom. The summed E-state index contributed by atoms with van der Waals surface area (Å²) in [7, 11) is -0.662. The predicted molar refractivity (Wildman–Crippen MR) is 91.1 cm³/mol. The first kappa shape index (κ1) is 17.8. The smallest absolute Gasteiger partial charge is 0.184 e. The van der Waals surface area contributed by atoms with Crippen molar-refractivity contribution in [3.8, 4) is 11.5 Å². The molecular weight excluding hydrogens is 330 g/mol. The average molecular weight is 349 g/mol. The maximum absolute atomic E-state index is 12.5. The zero-order valence-electron chi connectivity index (χ0n) is 13.7. The number of sulfone groups is 1. The summed E-state index contributed by atoms with van der Waals surface area (Å²) in [6.07, 6.45) is 0. The first-order valence-corrected chi connectivity index (χ1v) is 8.79. The third-order valence-electron chi connectivity index (χ3n) is 3.54. The molecule has 1 N–H and O–H groups in total. The van der Waals surface area contributed by atoms with Crippen LogP contribution in [0.3, 0.4) is 0 Å². The van der Waals surface area contributed by atoms with Crippen LogP contribution in [0.1, 0.15) is 11.1 Å². The highest BCUT2D eigenvalue weighted by atomic mass is 32.2. The van der Waals surface area contributed by atoms with E-state index in [2.05, 4.69) is 5.16 Å². The molecule has 0 aliphatic heterocycles. The van der Waals surface area contributed by atoms with Gasteiger partial charge in [-0.15, -0.1) is 0 Å². The molecule has 24 heavy (non-hydrogen) atoms. The van der Waals surface area contributed by atoms with Crippen molar-refractivity contribution in [2.75, 3.05) is 20.0 Å². The van der Waals surface area contributed by atoms with Gasteiger partial charge in [-0.05, 0) is 37.3 Å². The van der Waals surface area contributed by atoms with Gasteiger partial charge in [-0.25, -0.2) is 8.42 Å². The Hall–Kier alpha value is -2.54. The van der Waals surface area contributed by atoms with Gasteiger partial charge in [0, 0.05) is 5.56 Å². The van der Waals surface area contributed by atoms with Crippen LogP contribution in [0.25, 0.3) is 0 Å². The van der Waals surface area contributed by atoms with Crippen molar-refractivity contribution < 1.29 is 23.1 Å². The molecular formula is C17H19NO5S. The van der Waals surface area contributed by atoms with Gasteiger partial charge >= 0.3 is 0 Å². The van der Waals surface area contributed by atoms with Crippen LogP contribution < -0.4 is 9.47 Å². The fourth-order valence-electron chi connectivity index (χ4n) is 2.19. The molecule has 0 spiro atoms. The van der Waals surface area contributed by atoms with Crippen molar-refractivity contribution in [1.29, 1.82) is 0 Å². The number of benzene rings is 2. The van der Waals surface area contributed by atoms with Crippen molar-refractivity contribution >= 4 is 15.5 Å². The van der Waals surface area contributed by atoms with Gasteiger partial charge in [0.2, 0.25) is 0 Å². The zero-order valence-corrected chi connectivity index (χ0v) is 14.5. The SMILES string of the molecule is COc1ccc(/C(CS(=O)(=O)c2ccc(C)cc2)=N/O)cc1OC. The maximum Gasteiger partial charge on any atom is 0.184 e. The molecule has 0 saturated heterocycles. The molecule has 0 saturated carbocycles. The van der Waals surface area contributed by atoms with Crippen molar-refractivity contribution in [3.05, 3.63) is 53.6 Å². The van der Waals surface area contributed by atoms with E-state index in [1.54, 1.807) is 30.3 Å². The predicted octanol–water partition coefficient (Wildman–Crippen LogP) is 2.66. The fourth-order valence-corrected chi connectivity index (χ4v) is 3.50. The second-order valence-corrected chi connectivity index (χ2v) is 7.18. The van der Waals surface area contributed by atoms with E-state index in [9.17, 15) is 13.6 Å². The lowest BCUT2D eigenvalue weighted by molar-refractivity contribution is 0.319. The maximum atomic E-state index is 12.5. The Morgan fingerprint density at radius 3 is 2.21 bits per heavy atom. The van der Waals surface area contributed by atoms with Gasteiger partial charge < -0.3 is 14.7 Å². The molecule has 0 aliphatic carbocycles. The van der Waals surface area contributed by atoms with Crippen LogP contribution >= 0.6 is 0 Å². The zero-order chi connectivity index (χ0) is 17.7. The summed E-state index contributed by atoms with van der Waals surface area (Å²) in [6, 6.07) is 11.3. The standard InChI is InChI=1S/C17H19NO5S/c1-12-4-7-14(8-5-12)24(20,21)11-15(18-19)13-6-9-16(22-2)17(10-13)23-3/h4-10,19H,11H2,1-3H3/b18-15+. The van der Waals surface area contributed by atoms with Gasteiger partial charge in [-0.1, -0.05) is 22.9 Å². The molecule has 2 aromatic rings. The van der Waals surface area contributed by atoms with Gasteiger partial charge in [0.25, 0.3) is 0 Å². The molecule has 7 heteroatoms. The quantitative estimate of drug-likeness (QED) is 0.492. The van der Waals surface area contributed by atoms with Gasteiger partial charge in [-0.3, -0.25) is 0 Å². The van der Waals surface area contributed by atoms with E-state index in [1.165, 1.54) is 26.4 Å². The molecule has 128 valence electrons. The number of oxime groups is 1. The monoisotopic (exact) mass is 349 g/mol. The molecule has 0 aromatic heterocycles. The normalized spacial score (nSPS) is 12.0. The lowest BCUT2D eigenvalue weighted by atomic mass is 10.1. The Bertz CT molecular complexity index is 842. The first-order chi connectivity index (χ1) is 11.4. The molecule has 2 rings (SSSR count). The van der Waals surface area contributed by atoms with E-state index in [0.717, 1.165) is 5.56 Å². The highest BCUT2D eigenvalue weighted by Crippen LogP contribution is 2.28. The van der Waals surface area contributed by atoms with Crippen LogP contribution in [0, 0.1) is 6.92 Å². The largest absolute Gasteiger partial charge is 0.493 e. The van der Waals surface area contributed by atoms with E-state index in [-0.39, 0.29) is 10.6 Å². The minimum atomic E-state index is -3.63. The summed E-state index contributed by atoms with van der Waals surface area (Å²) in [5.74, 6) is 0.492. The minimum absolute atomic E-state index is 0.0246. The van der Waals surface area contributed by atoms with E-state index >= 15 is 0 Å². The van der Waals surface area contributed by atoms with Crippen LogP contribution in [0.4, 0.5) is 0 Å². The van der Waals surface area contributed by atoms with E-state index in [1.807, 2.05) is 6.92 Å². The molecule has 0 bridgehead atoms. The van der Waals surface area contributed by atoms with Crippen molar-refractivity contribution in [3.63, 3.8) is 0 Å². The lowest BCUT2D eigenvalue weighted by Gasteiger charge is -2.11. The summed E-state index contributed by atoms with van der Waals surface area (Å²) in [4.78, 5) is 0.176. The second kappa shape index (κ2) is 7.35. The van der Waals surface area contributed by atoms with Gasteiger partial charge in [0.05, 0.1) is 19.1 Å². The number of methoxy groups -OCH3 is 2. The van der Waals surface area contributed by atoms with Gasteiger partial charge in [-0.2, -0.15) is 0 Å². The Balaban J connectivity index is 2.34. The molecule has 0 heterocycles. The summed E-state index contributed by atoms with van der Waals surface area (Å²) >= 11 is 0. The Morgan fingerprint density at radius 2 is 1.67 bits per heavy atom. The lowest BCUT2D eigenvalue weighted by Crippen LogP contribution is -2.17. The molecule has 0 radical (unpaired) electrons. The van der Waals surface area contributed by atoms with E-state index in [0.29, 0.717) is 17.1 Å². The molecule has 0 atom stereocenters. The second-order valence-electron chi connectivity index (χ2n) is 5.19. The van der Waals surface area contributed by atoms with E-state index in [4.69, 9.17) is 9.47 Å². The van der Waals surface area contributed by atoms with E-state index < -0.39 is 15.6 Å². The molecule has 0 fully saturated rings. The fraction of sp³-hybridized carbons (Fsp3) is 0.235. The number of ether oxygens (including phenoxy) is 2. The van der Waals surface area contributed by atoms with Crippen LogP contribution in [0.5, 0.6) is 11.5 Å². The van der Waals surface area contributed by atoms with Crippen LogP contribution in [-0.2, 0) is 9.84 Å². The number of aryl methyl sites for hydroxylation is 1. The summed E-state index contributed by atoms with van der Waals surface area (Å²) < 4.78 is 35.4. The van der Waals surface area contributed by atoms with Crippen LogP contribution in [0.2, 0.25) is 0 Å². The third-order valence-corrected chi connectivity index (χ3v) is 5.19. The van der Waals surface area contributed by atoms with Crippen LogP contribution in [-0.4, -0.2) is 39.3 Å². The van der Waals surface area contributed by atoms with Gasteiger partial charge in [0.1, 0.15) is 11.5 Å². The van der Waals surface area contributed by atoms with Crippen molar-refractivity contribution in [2.24, 2.45) is 5.16 Å². The Kier molecular flexibility index (Phi) is 5.46. The third kappa shape index (κ3) is 3.86. The summed E-state index contributed by atoms with van der Waals surface area (Å²) in [6.45, 7) is 1.88. The first-order valence-electron chi connectivity index (χ1n) is 7.14. The number of nitrogens with zero attached hydrogens (tertiary/aromatic N) is 1. The highest BCUT2D eigenvalue weighted by Gasteiger charge is 2.20. The average Bonchev–Trinajstić information content (AvgIpc) is 2.59. The summed E-state index contributed by atoms with van der Waals surface area (Å²) in [5.41, 5.74) is 1.42. The van der Waals surface area contributed by atoms with Crippen molar-refractivity contribution in [2.45, 2.75) is 11.8 Å². The number of hydrogen-bond donors (Lipinski definition) is 1. The molecule has 6 nitrogen and oxygen atoms in total. The molecule has 2 aromatic carbocycles. The Labute approximate surface area is 141 Å². The number of hydrogen-bond acceptors (Lipinski definition) is 6. The highest BCUT2D eigenvalue weighted by molar-refractivity contribution is 7.92. The summed E-state index contributed by atoms with van der Waals surface area (Å²) in [5, 5.41) is 12.4.